The van der Waals surface area contributed by atoms with Crippen molar-refractivity contribution in [2.45, 2.75) is 18.4 Å². The Morgan fingerprint density at radius 1 is 1.07 bits per heavy atom. The van der Waals surface area contributed by atoms with Crippen LogP contribution in [0.2, 0.25) is 0 Å². The van der Waals surface area contributed by atoms with E-state index in [4.69, 9.17) is 0 Å². The molecule has 1 aromatic carbocycles. The Morgan fingerprint density at radius 2 is 1.83 bits per heavy atom. The highest BCUT2D eigenvalue weighted by Gasteiger charge is 2.20. The zero-order chi connectivity index (χ0) is 20.3. The van der Waals surface area contributed by atoms with E-state index in [1.807, 2.05) is 36.7 Å². The van der Waals surface area contributed by atoms with Crippen molar-refractivity contribution in [3.8, 4) is 0 Å². The van der Waals surface area contributed by atoms with Gasteiger partial charge in [-0.15, -0.1) is 11.3 Å². The Labute approximate surface area is 175 Å². The van der Waals surface area contributed by atoms with Crippen molar-refractivity contribution in [3.05, 3.63) is 65.3 Å². The van der Waals surface area contributed by atoms with Gasteiger partial charge in [-0.25, -0.2) is 18.4 Å². The Hall–Kier alpha value is -2.49. The van der Waals surface area contributed by atoms with E-state index in [-0.39, 0.29) is 4.90 Å². The molecule has 3 heterocycles. The molecular weight excluding hydrogens is 406 g/mol. The Bertz CT molecular complexity index is 1040. The number of rotatable bonds is 6. The zero-order valence-corrected chi connectivity index (χ0v) is 17.8. The van der Waals surface area contributed by atoms with E-state index in [0.29, 0.717) is 11.7 Å². The third kappa shape index (κ3) is 4.92. The molecule has 29 heavy (non-hydrogen) atoms. The fourth-order valence-corrected chi connectivity index (χ4v) is 5.18. The maximum Gasteiger partial charge on any atom is 0.263 e. The molecule has 1 fully saturated rings. The van der Waals surface area contributed by atoms with Gasteiger partial charge in [-0.05, 0) is 31.2 Å². The summed E-state index contributed by atoms with van der Waals surface area (Å²) in [4.78, 5) is 13.7. The van der Waals surface area contributed by atoms with E-state index >= 15 is 0 Å². The molecule has 3 aromatic rings. The van der Waals surface area contributed by atoms with E-state index in [2.05, 4.69) is 24.5 Å². The predicted molar refractivity (Wildman–Crippen MR) is 116 cm³/mol. The minimum atomic E-state index is -3.62. The summed E-state index contributed by atoms with van der Waals surface area (Å²) in [5.41, 5.74) is 1.89. The average Bonchev–Trinajstić information content (AvgIpc) is 3.15. The quantitative estimate of drug-likeness (QED) is 0.649. The summed E-state index contributed by atoms with van der Waals surface area (Å²) in [5, 5.41) is 2.31. The van der Waals surface area contributed by atoms with Gasteiger partial charge >= 0.3 is 0 Å². The Balaban J connectivity index is 1.33. The molecule has 9 heteroatoms. The van der Waals surface area contributed by atoms with Gasteiger partial charge in [0.25, 0.3) is 10.0 Å². The second kappa shape index (κ2) is 8.48. The fraction of sp³-hybridized carbons (Fsp3) is 0.300. The van der Waals surface area contributed by atoms with E-state index in [0.717, 1.165) is 43.3 Å². The number of hydrogen-bond acceptors (Lipinski definition) is 7. The second-order valence-electron chi connectivity index (χ2n) is 7.01. The minimum Gasteiger partial charge on any atom is -0.354 e. The maximum absolute atomic E-state index is 12.5. The lowest BCUT2D eigenvalue weighted by Gasteiger charge is -2.35. The number of nitrogens with one attached hydrogen (secondary N) is 1. The number of sulfonamides is 1. The molecular formula is C20H23N5O2S2. The lowest BCUT2D eigenvalue weighted by molar-refractivity contribution is 0.247. The molecule has 1 aliphatic heterocycles. The number of anilines is 2. The second-order valence-corrected chi connectivity index (χ2v) is 9.55. The smallest absolute Gasteiger partial charge is 0.263 e. The van der Waals surface area contributed by atoms with E-state index in [1.165, 1.54) is 11.3 Å². The standard InChI is InChI=1S/C20H23N5O2S2/c1-16-5-7-18(8-6-16)29(26,27)23-20-22-17(15-28-20)14-24-10-12-25(13-11-24)19-4-2-3-9-21-19/h2-9,15H,10-14H2,1H3,(H,22,23). The minimum absolute atomic E-state index is 0.241. The summed E-state index contributed by atoms with van der Waals surface area (Å²) in [6.45, 7) is 6.28. The SMILES string of the molecule is Cc1ccc(S(=O)(=O)Nc2nc(CN3CCN(c4ccccn4)CC3)cs2)cc1. The number of aromatic nitrogens is 2. The van der Waals surface area contributed by atoms with Crippen LogP contribution in [0.1, 0.15) is 11.3 Å². The summed E-state index contributed by atoms with van der Waals surface area (Å²) < 4.78 is 27.6. The first kappa shape index (κ1) is 19.8. The van der Waals surface area contributed by atoms with Gasteiger partial charge in [0.15, 0.2) is 5.13 Å². The Morgan fingerprint density at radius 3 is 2.52 bits per heavy atom. The van der Waals surface area contributed by atoms with Crippen LogP contribution in [0.25, 0.3) is 0 Å². The van der Waals surface area contributed by atoms with Gasteiger partial charge in [0.2, 0.25) is 0 Å². The van der Waals surface area contributed by atoms with Gasteiger partial charge in [-0.1, -0.05) is 23.8 Å². The number of benzene rings is 1. The van der Waals surface area contributed by atoms with Crippen LogP contribution in [0.5, 0.6) is 0 Å². The maximum atomic E-state index is 12.5. The molecule has 0 radical (unpaired) electrons. The molecule has 0 unspecified atom stereocenters. The summed E-state index contributed by atoms with van der Waals surface area (Å²) in [5.74, 6) is 1.01. The molecule has 0 aliphatic carbocycles. The molecule has 0 atom stereocenters. The third-order valence-corrected chi connectivity index (χ3v) is 7.13. The highest BCUT2D eigenvalue weighted by Crippen LogP contribution is 2.22. The van der Waals surface area contributed by atoms with Crippen molar-refractivity contribution >= 4 is 32.3 Å². The van der Waals surface area contributed by atoms with Gasteiger partial charge in [-0.3, -0.25) is 9.62 Å². The van der Waals surface area contributed by atoms with Gasteiger partial charge in [0, 0.05) is 44.3 Å². The van der Waals surface area contributed by atoms with Gasteiger partial charge < -0.3 is 4.90 Å². The normalized spacial score (nSPS) is 15.4. The predicted octanol–water partition coefficient (Wildman–Crippen LogP) is 2.97. The first-order chi connectivity index (χ1) is 14.0. The topological polar surface area (TPSA) is 78.4 Å². The number of pyridine rings is 1. The van der Waals surface area contributed by atoms with Crippen molar-refractivity contribution in [2.24, 2.45) is 0 Å². The van der Waals surface area contributed by atoms with Crippen LogP contribution < -0.4 is 9.62 Å². The third-order valence-electron chi connectivity index (χ3n) is 4.84. The lowest BCUT2D eigenvalue weighted by Crippen LogP contribution is -2.46. The first-order valence-corrected chi connectivity index (χ1v) is 11.8. The van der Waals surface area contributed by atoms with Crippen molar-refractivity contribution in [2.75, 3.05) is 35.8 Å². The van der Waals surface area contributed by atoms with Gasteiger partial charge in [0.05, 0.1) is 10.6 Å². The van der Waals surface area contributed by atoms with Crippen LogP contribution in [0.4, 0.5) is 10.9 Å². The average molecular weight is 430 g/mol. The lowest BCUT2D eigenvalue weighted by atomic mass is 10.2. The molecule has 0 spiro atoms. The number of thiazole rings is 1. The monoisotopic (exact) mass is 429 g/mol. The number of aryl methyl sites for hydroxylation is 1. The zero-order valence-electron chi connectivity index (χ0n) is 16.2. The van der Waals surface area contributed by atoms with Crippen molar-refractivity contribution < 1.29 is 8.42 Å². The molecule has 0 amide bonds. The van der Waals surface area contributed by atoms with Crippen LogP contribution in [-0.2, 0) is 16.6 Å². The molecule has 152 valence electrons. The van der Waals surface area contributed by atoms with Crippen LogP contribution in [-0.4, -0.2) is 49.5 Å². The summed E-state index contributed by atoms with van der Waals surface area (Å²) in [7, 11) is -3.62. The summed E-state index contributed by atoms with van der Waals surface area (Å²) >= 11 is 1.31. The molecule has 0 saturated carbocycles. The van der Waals surface area contributed by atoms with E-state index in [9.17, 15) is 8.42 Å². The molecule has 2 aromatic heterocycles. The first-order valence-electron chi connectivity index (χ1n) is 9.42. The summed E-state index contributed by atoms with van der Waals surface area (Å²) in [6.07, 6.45) is 1.82. The molecule has 7 nitrogen and oxygen atoms in total. The van der Waals surface area contributed by atoms with Crippen LogP contribution in [0, 0.1) is 6.92 Å². The number of piperazine rings is 1. The van der Waals surface area contributed by atoms with E-state index in [1.54, 1.807) is 24.3 Å². The van der Waals surface area contributed by atoms with Crippen molar-refractivity contribution in [1.29, 1.82) is 0 Å². The largest absolute Gasteiger partial charge is 0.354 e. The van der Waals surface area contributed by atoms with Gasteiger partial charge in [0.1, 0.15) is 5.82 Å². The Kier molecular flexibility index (Phi) is 5.79. The molecule has 4 rings (SSSR count). The van der Waals surface area contributed by atoms with Crippen molar-refractivity contribution in [3.63, 3.8) is 0 Å². The van der Waals surface area contributed by atoms with Crippen LogP contribution in [0.3, 0.4) is 0 Å². The highest BCUT2D eigenvalue weighted by molar-refractivity contribution is 7.93. The molecule has 1 aliphatic rings. The summed E-state index contributed by atoms with van der Waals surface area (Å²) in [6, 6.07) is 12.7. The van der Waals surface area contributed by atoms with Crippen LogP contribution >= 0.6 is 11.3 Å². The number of hydrogen-bond donors (Lipinski definition) is 1. The number of nitrogens with zero attached hydrogens (tertiary/aromatic N) is 4. The fourth-order valence-electron chi connectivity index (χ4n) is 3.22. The molecule has 1 saturated heterocycles. The molecule has 1 N–H and O–H groups in total. The van der Waals surface area contributed by atoms with Crippen molar-refractivity contribution in [1.82, 2.24) is 14.9 Å². The van der Waals surface area contributed by atoms with E-state index < -0.39 is 10.0 Å². The van der Waals surface area contributed by atoms with Gasteiger partial charge in [-0.2, -0.15) is 0 Å². The van der Waals surface area contributed by atoms with Crippen LogP contribution in [0.15, 0.2) is 58.9 Å². The highest BCUT2D eigenvalue weighted by atomic mass is 32.2. The molecule has 0 bridgehead atoms.